The van der Waals surface area contributed by atoms with E-state index in [-0.39, 0.29) is 29.6 Å². The molecule has 1 aliphatic heterocycles. The van der Waals surface area contributed by atoms with Crippen LogP contribution >= 0.6 is 0 Å². The van der Waals surface area contributed by atoms with E-state index in [1.807, 2.05) is 0 Å². The molecule has 5 aliphatic rings. The molecule has 6 rings (SSSR count). The van der Waals surface area contributed by atoms with Crippen LogP contribution in [0.3, 0.4) is 0 Å². The Balaban J connectivity index is 1.21. The standard InChI is InChI=1S/C24H29F2NO4/c25-23(26)31-19-5-3-15(4-6-19)14-30-21(28)20-2-1-7-27(20)22(29)24-11-16-8-17(12-24)10-18(9-16)13-24/h3-6,16-18,20,23H,1-2,7-14H2. The van der Waals surface area contributed by atoms with Crippen LogP contribution in [0.4, 0.5) is 8.78 Å². The SMILES string of the molecule is O=C(OCc1ccc(OC(F)F)cc1)C1CCCN1C(=O)C12CC3CC(CC(C3)C1)C2. The Labute approximate surface area is 181 Å². The molecule has 5 nitrogen and oxygen atoms in total. The first-order chi connectivity index (χ1) is 14.9. The lowest BCUT2D eigenvalue weighted by Gasteiger charge is -2.56. The van der Waals surface area contributed by atoms with E-state index in [2.05, 4.69) is 4.74 Å². The van der Waals surface area contributed by atoms with Crippen LogP contribution in [0.2, 0.25) is 0 Å². The second kappa shape index (κ2) is 8.06. The van der Waals surface area contributed by atoms with Crippen molar-refractivity contribution in [1.82, 2.24) is 4.90 Å². The summed E-state index contributed by atoms with van der Waals surface area (Å²) >= 11 is 0. The summed E-state index contributed by atoms with van der Waals surface area (Å²) in [6, 6.07) is 5.53. The smallest absolute Gasteiger partial charge is 0.387 e. The van der Waals surface area contributed by atoms with E-state index in [1.165, 1.54) is 31.4 Å². The summed E-state index contributed by atoms with van der Waals surface area (Å²) in [4.78, 5) is 28.3. The van der Waals surface area contributed by atoms with Crippen LogP contribution in [0.25, 0.3) is 0 Å². The normalized spacial score (nSPS) is 33.7. The van der Waals surface area contributed by atoms with Crippen molar-refractivity contribution in [3.63, 3.8) is 0 Å². The molecule has 168 valence electrons. The summed E-state index contributed by atoms with van der Waals surface area (Å²) in [6.07, 6.45) is 8.25. The second-order valence-corrected chi connectivity index (χ2v) is 9.98. The predicted molar refractivity (Wildman–Crippen MR) is 108 cm³/mol. The fourth-order valence-corrected chi connectivity index (χ4v) is 6.95. The quantitative estimate of drug-likeness (QED) is 0.618. The number of likely N-dealkylation sites (tertiary alicyclic amines) is 1. The van der Waals surface area contributed by atoms with Gasteiger partial charge in [0.1, 0.15) is 18.4 Å². The Kier molecular flexibility index (Phi) is 5.39. The van der Waals surface area contributed by atoms with Crippen molar-refractivity contribution in [2.24, 2.45) is 23.2 Å². The second-order valence-electron chi connectivity index (χ2n) is 9.98. The highest BCUT2D eigenvalue weighted by Gasteiger charge is 2.56. The van der Waals surface area contributed by atoms with Crippen molar-refractivity contribution in [1.29, 1.82) is 0 Å². The number of rotatable bonds is 6. The van der Waals surface area contributed by atoms with Gasteiger partial charge in [0, 0.05) is 6.54 Å². The van der Waals surface area contributed by atoms with Gasteiger partial charge in [-0.05, 0) is 86.8 Å². The fraction of sp³-hybridized carbons (Fsp3) is 0.667. The van der Waals surface area contributed by atoms with Gasteiger partial charge >= 0.3 is 12.6 Å². The van der Waals surface area contributed by atoms with E-state index in [9.17, 15) is 18.4 Å². The van der Waals surface area contributed by atoms with Gasteiger partial charge in [0.05, 0.1) is 5.41 Å². The molecular formula is C24H29F2NO4. The average Bonchev–Trinajstić information content (AvgIpc) is 3.21. The molecule has 1 aromatic rings. The topological polar surface area (TPSA) is 55.8 Å². The van der Waals surface area contributed by atoms with E-state index in [0.717, 1.165) is 25.7 Å². The maximum absolute atomic E-state index is 13.7. The summed E-state index contributed by atoms with van der Waals surface area (Å²) in [5.41, 5.74) is 0.435. The van der Waals surface area contributed by atoms with Gasteiger partial charge in [-0.3, -0.25) is 4.79 Å². The molecule has 4 saturated carbocycles. The number of halogens is 2. The number of ether oxygens (including phenoxy) is 2. The van der Waals surface area contributed by atoms with Crippen LogP contribution in [-0.4, -0.2) is 36.0 Å². The van der Waals surface area contributed by atoms with Crippen LogP contribution in [0, 0.1) is 23.2 Å². The summed E-state index contributed by atoms with van der Waals surface area (Å²) in [5, 5.41) is 0. The Morgan fingerprint density at radius 1 is 1.03 bits per heavy atom. The monoisotopic (exact) mass is 433 g/mol. The number of hydrogen-bond acceptors (Lipinski definition) is 4. The van der Waals surface area contributed by atoms with Crippen LogP contribution in [-0.2, 0) is 20.9 Å². The van der Waals surface area contributed by atoms with Crippen molar-refractivity contribution < 1.29 is 27.8 Å². The maximum Gasteiger partial charge on any atom is 0.387 e. The zero-order chi connectivity index (χ0) is 21.6. The molecule has 1 saturated heterocycles. The average molecular weight is 433 g/mol. The molecule has 31 heavy (non-hydrogen) atoms. The molecule has 5 fully saturated rings. The van der Waals surface area contributed by atoms with Crippen molar-refractivity contribution in [3.05, 3.63) is 29.8 Å². The van der Waals surface area contributed by atoms with Gasteiger partial charge in [-0.15, -0.1) is 0 Å². The first kappa shape index (κ1) is 20.7. The lowest BCUT2D eigenvalue weighted by molar-refractivity contribution is -0.166. The molecule has 4 bridgehead atoms. The highest BCUT2D eigenvalue weighted by molar-refractivity contribution is 5.89. The van der Waals surface area contributed by atoms with Crippen LogP contribution in [0.1, 0.15) is 56.9 Å². The molecule has 4 aliphatic carbocycles. The van der Waals surface area contributed by atoms with Gasteiger partial charge in [0.2, 0.25) is 5.91 Å². The largest absolute Gasteiger partial charge is 0.459 e. The molecule has 7 heteroatoms. The van der Waals surface area contributed by atoms with Crippen LogP contribution < -0.4 is 4.74 Å². The summed E-state index contributed by atoms with van der Waals surface area (Å²) in [5.74, 6) is 1.91. The van der Waals surface area contributed by atoms with Crippen LogP contribution in [0.15, 0.2) is 24.3 Å². The number of esters is 1. The van der Waals surface area contributed by atoms with Crippen molar-refractivity contribution in [3.8, 4) is 5.75 Å². The van der Waals surface area contributed by atoms with Gasteiger partial charge < -0.3 is 14.4 Å². The minimum atomic E-state index is -2.87. The predicted octanol–water partition coefficient (Wildman–Crippen LogP) is 4.54. The number of alkyl halides is 2. The minimum absolute atomic E-state index is 0.0453. The molecule has 0 radical (unpaired) electrons. The molecule has 0 aromatic heterocycles. The number of carbonyl (C=O) groups excluding carboxylic acids is 2. The van der Waals surface area contributed by atoms with E-state index in [1.54, 1.807) is 17.0 Å². The lowest BCUT2D eigenvalue weighted by atomic mass is 9.49. The van der Waals surface area contributed by atoms with Gasteiger partial charge in [-0.1, -0.05) is 12.1 Å². The van der Waals surface area contributed by atoms with Gasteiger partial charge in [0.25, 0.3) is 0 Å². The van der Waals surface area contributed by atoms with E-state index in [4.69, 9.17) is 4.74 Å². The first-order valence-corrected chi connectivity index (χ1v) is 11.4. The van der Waals surface area contributed by atoms with Crippen LogP contribution in [0.5, 0.6) is 5.75 Å². The van der Waals surface area contributed by atoms with Crippen molar-refractivity contribution >= 4 is 11.9 Å². The Bertz CT molecular complexity index is 805. The molecule has 1 amide bonds. The molecule has 1 unspecified atom stereocenters. The number of benzene rings is 1. The highest BCUT2D eigenvalue weighted by Crippen LogP contribution is 2.60. The number of nitrogens with zero attached hydrogens (tertiary/aromatic N) is 1. The Morgan fingerprint density at radius 2 is 1.65 bits per heavy atom. The zero-order valence-corrected chi connectivity index (χ0v) is 17.6. The number of amides is 1. The maximum atomic E-state index is 13.7. The van der Waals surface area contributed by atoms with E-state index < -0.39 is 12.7 Å². The highest BCUT2D eigenvalue weighted by atomic mass is 19.3. The molecular weight excluding hydrogens is 404 g/mol. The third kappa shape index (κ3) is 4.03. The molecule has 0 N–H and O–H groups in total. The molecule has 1 heterocycles. The Morgan fingerprint density at radius 3 is 2.23 bits per heavy atom. The summed E-state index contributed by atoms with van der Waals surface area (Å²) in [6.45, 7) is -2.20. The third-order valence-corrected chi connectivity index (χ3v) is 7.81. The van der Waals surface area contributed by atoms with Gasteiger partial charge in [-0.2, -0.15) is 8.78 Å². The third-order valence-electron chi connectivity index (χ3n) is 7.81. The number of hydrogen-bond donors (Lipinski definition) is 0. The Hall–Kier alpha value is -2.18. The van der Waals surface area contributed by atoms with E-state index in [0.29, 0.717) is 36.3 Å². The van der Waals surface area contributed by atoms with Crippen molar-refractivity contribution in [2.45, 2.75) is 70.6 Å². The van der Waals surface area contributed by atoms with E-state index >= 15 is 0 Å². The minimum Gasteiger partial charge on any atom is -0.459 e. The number of carbonyl (C=O) groups is 2. The summed E-state index contributed by atoms with van der Waals surface area (Å²) in [7, 11) is 0. The van der Waals surface area contributed by atoms with Gasteiger partial charge in [-0.25, -0.2) is 4.79 Å². The fourth-order valence-electron chi connectivity index (χ4n) is 6.95. The molecule has 0 spiro atoms. The van der Waals surface area contributed by atoms with Crippen molar-refractivity contribution in [2.75, 3.05) is 6.54 Å². The molecule has 1 atom stereocenters. The summed E-state index contributed by atoms with van der Waals surface area (Å²) < 4.78 is 34.4. The lowest BCUT2D eigenvalue weighted by Crippen LogP contribution is -2.56. The zero-order valence-electron chi connectivity index (χ0n) is 17.6. The first-order valence-electron chi connectivity index (χ1n) is 11.4. The molecule has 1 aromatic carbocycles. The van der Waals surface area contributed by atoms with Gasteiger partial charge in [0.15, 0.2) is 0 Å².